The van der Waals surface area contributed by atoms with Gasteiger partial charge in [-0.1, -0.05) is 30.3 Å². The average Bonchev–Trinajstić information content (AvgIpc) is 2.67. The standard InChI is InChI=1S/C20H22F4N4O/c1-28(2)18(29)13-27-19(26-12-15-7-3-4-9-17(15)21)25-11-14-6-5-8-16(10-14)20(22,23)24/h3-10H,11-13H2,1-2H3,(H2,25,26,27). The molecule has 0 unspecified atom stereocenters. The molecule has 0 fully saturated rings. The minimum atomic E-state index is -4.44. The lowest BCUT2D eigenvalue weighted by Crippen LogP contribution is -2.42. The molecule has 156 valence electrons. The van der Waals surface area contributed by atoms with Gasteiger partial charge < -0.3 is 15.5 Å². The summed E-state index contributed by atoms with van der Waals surface area (Å²) in [6.07, 6.45) is -4.44. The van der Waals surface area contributed by atoms with Gasteiger partial charge in [-0.25, -0.2) is 9.38 Å². The Morgan fingerprint density at radius 2 is 1.79 bits per heavy atom. The summed E-state index contributed by atoms with van der Waals surface area (Å²) < 4.78 is 52.4. The van der Waals surface area contributed by atoms with Gasteiger partial charge in [0.1, 0.15) is 5.82 Å². The van der Waals surface area contributed by atoms with Crippen LogP contribution in [0.2, 0.25) is 0 Å². The number of halogens is 4. The van der Waals surface area contributed by atoms with E-state index in [-0.39, 0.29) is 31.5 Å². The number of amides is 1. The van der Waals surface area contributed by atoms with Crippen molar-refractivity contribution in [1.82, 2.24) is 15.5 Å². The fraction of sp³-hybridized carbons (Fsp3) is 0.300. The van der Waals surface area contributed by atoms with Crippen LogP contribution >= 0.6 is 0 Å². The lowest BCUT2D eigenvalue weighted by Gasteiger charge is -2.15. The highest BCUT2D eigenvalue weighted by Crippen LogP contribution is 2.29. The van der Waals surface area contributed by atoms with Crippen LogP contribution in [-0.2, 0) is 24.1 Å². The number of benzene rings is 2. The Balaban J connectivity index is 2.13. The third kappa shape index (κ3) is 7.10. The maximum Gasteiger partial charge on any atom is 0.416 e. The summed E-state index contributed by atoms with van der Waals surface area (Å²) in [5.41, 5.74) is -0.0208. The van der Waals surface area contributed by atoms with E-state index in [0.29, 0.717) is 11.1 Å². The highest BCUT2D eigenvalue weighted by molar-refractivity contribution is 5.86. The SMILES string of the molecule is CN(C)C(=O)CNC(=NCc1cccc(C(F)(F)F)c1)NCc1ccccc1F. The van der Waals surface area contributed by atoms with Crippen LogP contribution in [-0.4, -0.2) is 37.4 Å². The molecule has 0 radical (unpaired) electrons. The third-order valence-electron chi connectivity index (χ3n) is 3.98. The maximum atomic E-state index is 13.8. The number of carbonyl (C=O) groups excluding carboxylic acids is 1. The Kier molecular flexibility index (Phi) is 7.58. The van der Waals surface area contributed by atoms with Crippen LogP contribution in [0.25, 0.3) is 0 Å². The minimum Gasteiger partial charge on any atom is -0.352 e. The van der Waals surface area contributed by atoms with Crippen molar-refractivity contribution >= 4 is 11.9 Å². The van der Waals surface area contributed by atoms with Gasteiger partial charge in [0.2, 0.25) is 5.91 Å². The molecular weight excluding hydrogens is 388 g/mol. The molecule has 2 rings (SSSR count). The quantitative estimate of drug-likeness (QED) is 0.437. The zero-order chi connectivity index (χ0) is 21.4. The lowest BCUT2D eigenvalue weighted by molar-refractivity contribution is -0.137. The van der Waals surface area contributed by atoms with Crippen LogP contribution in [0.5, 0.6) is 0 Å². The number of hydrogen-bond acceptors (Lipinski definition) is 2. The van der Waals surface area contributed by atoms with Gasteiger partial charge in [0, 0.05) is 26.2 Å². The first kappa shape index (κ1) is 22.2. The molecule has 9 heteroatoms. The molecule has 29 heavy (non-hydrogen) atoms. The number of nitrogens with zero attached hydrogens (tertiary/aromatic N) is 2. The van der Waals surface area contributed by atoms with Gasteiger partial charge in [0.25, 0.3) is 0 Å². The second-order valence-corrected chi connectivity index (χ2v) is 6.45. The summed E-state index contributed by atoms with van der Waals surface area (Å²) in [5.74, 6) is -0.438. The summed E-state index contributed by atoms with van der Waals surface area (Å²) in [6.45, 7) is -0.0252. The Bertz CT molecular complexity index is 866. The number of nitrogens with one attached hydrogen (secondary N) is 2. The van der Waals surface area contributed by atoms with E-state index in [1.54, 1.807) is 32.3 Å². The first-order valence-electron chi connectivity index (χ1n) is 8.78. The fourth-order valence-electron chi connectivity index (χ4n) is 2.33. The Hall–Kier alpha value is -3.10. The zero-order valence-electron chi connectivity index (χ0n) is 16.1. The summed E-state index contributed by atoms with van der Waals surface area (Å²) in [5, 5.41) is 5.70. The predicted molar refractivity (Wildman–Crippen MR) is 103 cm³/mol. The molecule has 2 aromatic carbocycles. The third-order valence-corrected chi connectivity index (χ3v) is 3.98. The van der Waals surface area contributed by atoms with Crippen molar-refractivity contribution in [3.05, 3.63) is 71.0 Å². The van der Waals surface area contributed by atoms with Crippen LogP contribution in [0.4, 0.5) is 17.6 Å². The molecule has 2 N–H and O–H groups in total. The minimum absolute atomic E-state index is 0.0489. The van der Waals surface area contributed by atoms with E-state index in [1.807, 2.05) is 0 Å². The van der Waals surface area contributed by atoms with Gasteiger partial charge in [-0.2, -0.15) is 13.2 Å². The van der Waals surface area contributed by atoms with Crippen molar-refractivity contribution < 1.29 is 22.4 Å². The van der Waals surface area contributed by atoms with Gasteiger partial charge in [0.15, 0.2) is 5.96 Å². The van der Waals surface area contributed by atoms with Crippen molar-refractivity contribution in [2.45, 2.75) is 19.3 Å². The molecular formula is C20H22F4N4O. The first-order valence-corrected chi connectivity index (χ1v) is 8.78. The second-order valence-electron chi connectivity index (χ2n) is 6.45. The van der Waals surface area contributed by atoms with Gasteiger partial charge in [-0.05, 0) is 23.8 Å². The van der Waals surface area contributed by atoms with Crippen LogP contribution in [0.3, 0.4) is 0 Å². The molecule has 2 aromatic rings. The van der Waals surface area contributed by atoms with E-state index in [2.05, 4.69) is 15.6 Å². The van der Waals surface area contributed by atoms with E-state index in [4.69, 9.17) is 0 Å². The van der Waals surface area contributed by atoms with Gasteiger partial charge >= 0.3 is 6.18 Å². The van der Waals surface area contributed by atoms with E-state index >= 15 is 0 Å². The van der Waals surface area contributed by atoms with Crippen molar-refractivity contribution in [3.8, 4) is 0 Å². The molecule has 0 aliphatic heterocycles. The second kappa shape index (κ2) is 9.90. The smallest absolute Gasteiger partial charge is 0.352 e. The lowest BCUT2D eigenvalue weighted by atomic mass is 10.1. The average molecular weight is 410 g/mol. The van der Waals surface area contributed by atoms with Crippen LogP contribution < -0.4 is 10.6 Å². The normalized spacial score (nSPS) is 11.9. The number of rotatable bonds is 6. The van der Waals surface area contributed by atoms with Gasteiger partial charge in [0.05, 0.1) is 18.7 Å². The summed E-state index contributed by atoms with van der Waals surface area (Å²) in [6, 6.07) is 11.0. The number of likely N-dealkylation sites (N-methyl/N-ethyl adjacent to an activating group) is 1. The molecule has 0 saturated heterocycles. The molecule has 0 atom stereocenters. The Morgan fingerprint density at radius 1 is 1.07 bits per heavy atom. The molecule has 0 aromatic heterocycles. The summed E-state index contributed by atoms with van der Waals surface area (Å²) in [7, 11) is 3.19. The molecule has 0 saturated carbocycles. The Morgan fingerprint density at radius 3 is 2.45 bits per heavy atom. The largest absolute Gasteiger partial charge is 0.416 e. The van der Waals surface area contributed by atoms with Crippen LogP contribution in [0.1, 0.15) is 16.7 Å². The number of guanidine groups is 1. The Labute approximate surface area is 166 Å². The van der Waals surface area contributed by atoms with Crippen LogP contribution in [0, 0.1) is 5.82 Å². The molecule has 0 aliphatic rings. The van der Waals surface area contributed by atoms with Crippen molar-refractivity contribution in [3.63, 3.8) is 0 Å². The number of hydrogen-bond donors (Lipinski definition) is 2. The molecule has 0 bridgehead atoms. The van der Waals surface area contributed by atoms with E-state index in [9.17, 15) is 22.4 Å². The number of alkyl halides is 3. The highest BCUT2D eigenvalue weighted by Gasteiger charge is 2.30. The fourth-order valence-corrected chi connectivity index (χ4v) is 2.33. The highest BCUT2D eigenvalue weighted by atomic mass is 19.4. The summed E-state index contributed by atoms with van der Waals surface area (Å²) >= 11 is 0. The van der Waals surface area contributed by atoms with Crippen molar-refractivity contribution in [2.75, 3.05) is 20.6 Å². The molecule has 1 amide bonds. The number of aliphatic imine (C=N–C) groups is 1. The first-order chi connectivity index (χ1) is 13.7. The van der Waals surface area contributed by atoms with Crippen molar-refractivity contribution in [2.24, 2.45) is 4.99 Å². The van der Waals surface area contributed by atoms with Gasteiger partial charge in [-0.15, -0.1) is 0 Å². The summed E-state index contributed by atoms with van der Waals surface area (Å²) in [4.78, 5) is 17.4. The number of carbonyl (C=O) groups is 1. The zero-order valence-corrected chi connectivity index (χ0v) is 16.1. The van der Waals surface area contributed by atoms with Crippen molar-refractivity contribution in [1.29, 1.82) is 0 Å². The topological polar surface area (TPSA) is 56.7 Å². The molecule has 5 nitrogen and oxygen atoms in total. The van der Waals surface area contributed by atoms with E-state index in [0.717, 1.165) is 12.1 Å². The maximum absolute atomic E-state index is 13.8. The van der Waals surface area contributed by atoms with Crippen LogP contribution in [0.15, 0.2) is 53.5 Å². The molecule has 0 aliphatic carbocycles. The monoisotopic (exact) mass is 410 g/mol. The molecule has 0 spiro atoms. The predicted octanol–water partition coefficient (Wildman–Crippen LogP) is 3.17. The van der Waals surface area contributed by atoms with Gasteiger partial charge in [-0.3, -0.25) is 4.79 Å². The van der Waals surface area contributed by atoms with E-state index in [1.165, 1.54) is 23.1 Å². The molecule has 0 heterocycles. The van der Waals surface area contributed by atoms with E-state index < -0.39 is 17.6 Å².